The van der Waals surface area contributed by atoms with Crippen LogP contribution >= 0.6 is 0 Å². The molecule has 2 aliphatic rings. The summed E-state index contributed by atoms with van der Waals surface area (Å²) in [5, 5.41) is 2.53. The number of unbranched alkanes of at least 4 members (excludes halogenated alkanes) is 2. The highest BCUT2D eigenvalue weighted by Crippen LogP contribution is 2.42. The van der Waals surface area contributed by atoms with Gasteiger partial charge in [-0.1, -0.05) is 79.2 Å². The number of hydrogen-bond acceptors (Lipinski definition) is 6. The molecule has 1 aliphatic carbocycles. The Bertz CT molecular complexity index is 2780. The van der Waals surface area contributed by atoms with Crippen molar-refractivity contribution in [1.29, 1.82) is 0 Å². The van der Waals surface area contributed by atoms with E-state index in [1.54, 1.807) is 12.1 Å². The number of alkyl halides is 3. The summed E-state index contributed by atoms with van der Waals surface area (Å²) >= 11 is 0. The highest BCUT2D eigenvalue weighted by atomic mass is 19.4. The molecule has 0 spiro atoms. The highest BCUT2D eigenvalue weighted by molar-refractivity contribution is 6.01. The maximum atomic E-state index is 14.0. The number of Topliss-reactive ketones (excluding diaryl/α,β-unsaturated/α-hetero) is 2. The number of pyridine rings is 1. The third-order valence-corrected chi connectivity index (χ3v) is 13.9. The summed E-state index contributed by atoms with van der Waals surface area (Å²) in [5.74, 6) is 0.0705. The first kappa shape index (κ1) is 47.4. The Kier molecular flexibility index (Phi) is 14.7. The molecule has 0 bridgehead atoms. The van der Waals surface area contributed by atoms with E-state index in [1.165, 1.54) is 51.1 Å². The monoisotopic (exact) mass is 906 g/mol. The number of rotatable bonds is 16. The summed E-state index contributed by atoms with van der Waals surface area (Å²) < 4.78 is 46.3. The van der Waals surface area contributed by atoms with Crippen LogP contribution in [0.15, 0.2) is 103 Å². The number of ether oxygens (including phenoxy) is 1. The summed E-state index contributed by atoms with van der Waals surface area (Å²) in [6, 6.07) is 31.6. The summed E-state index contributed by atoms with van der Waals surface area (Å²) in [5.41, 5.74) is 11.6. The van der Waals surface area contributed by atoms with Crippen LogP contribution in [0.1, 0.15) is 126 Å². The van der Waals surface area contributed by atoms with Gasteiger partial charge in [-0.3, -0.25) is 9.59 Å². The molecule has 6 aromatic rings. The summed E-state index contributed by atoms with van der Waals surface area (Å²) in [6.45, 7) is 10.4. The molecule has 6 nitrogen and oxygen atoms in total. The van der Waals surface area contributed by atoms with Crippen molar-refractivity contribution < 1.29 is 32.3 Å². The second-order valence-electron chi connectivity index (χ2n) is 18.9. The standard InChI is InChI=1S/C58H61F3N2O4/c1-5-63-29-10-14-51(56-53(63)28-27-52(62-56)42-11-9-12-46(36-42)58(59,60)61)54(65)34-41-19-17-40(18-20-41)21-23-47(64)13-7-6-8-30-67-57(66)43-22-26-48(39(4)33-43)55-49-24-15-37(2)31-44(49)35-45-32-38(3)16-25-50(45)55/h9,11-12,15,17-20,22,24,26-28,31,33,35-36,38,51H,5-8,10,13-14,16,21,23,25,29-30,32,34H2,1-4H3. The summed E-state index contributed by atoms with van der Waals surface area (Å²) in [4.78, 5) is 46.9. The van der Waals surface area contributed by atoms with E-state index < -0.39 is 17.7 Å². The first-order valence-corrected chi connectivity index (χ1v) is 24.1. The molecule has 2 heterocycles. The Morgan fingerprint density at radius 1 is 0.836 bits per heavy atom. The fraction of sp³-hybridized carbons (Fsp3) is 0.379. The van der Waals surface area contributed by atoms with Gasteiger partial charge in [0.05, 0.1) is 40.7 Å². The van der Waals surface area contributed by atoms with Crippen LogP contribution in [-0.2, 0) is 46.2 Å². The Balaban J connectivity index is 0.789. The maximum Gasteiger partial charge on any atom is 0.416 e. The highest BCUT2D eigenvalue weighted by Gasteiger charge is 2.32. The number of fused-ring (bicyclic) bond motifs is 3. The lowest BCUT2D eigenvalue weighted by Crippen LogP contribution is -2.24. The Hall–Kier alpha value is -6.09. The molecule has 2 unspecified atom stereocenters. The van der Waals surface area contributed by atoms with Crippen molar-refractivity contribution in [3.8, 4) is 22.4 Å². The average Bonchev–Trinajstić information content (AvgIpc) is 3.50. The van der Waals surface area contributed by atoms with Crippen LogP contribution in [0.2, 0.25) is 0 Å². The molecule has 0 amide bonds. The second kappa shape index (κ2) is 20.8. The number of aromatic nitrogens is 1. The van der Waals surface area contributed by atoms with Crippen molar-refractivity contribution in [3.05, 3.63) is 153 Å². The molecule has 8 rings (SSSR count). The summed E-state index contributed by atoms with van der Waals surface area (Å²) in [6.07, 6.45) is 4.17. The Morgan fingerprint density at radius 3 is 2.42 bits per heavy atom. The van der Waals surface area contributed by atoms with Crippen molar-refractivity contribution in [1.82, 2.24) is 4.98 Å². The van der Waals surface area contributed by atoms with Gasteiger partial charge in [-0.2, -0.15) is 13.2 Å². The lowest BCUT2D eigenvalue weighted by Gasteiger charge is -2.26. The fourth-order valence-electron chi connectivity index (χ4n) is 10.1. The molecule has 1 aromatic heterocycles. The minimum Gasteiger partial charge on any atom is -0.462 e. The molecule has 0 N–H and O–H groups in total. The zero-order valence-corrected chi connectivity index (χ0v) is 39.2. The van der Waals surface area contributed by atoms with Crippen LogP contribution in [0.4, 0.5) is 18.9 Å². The lowest BCUT2D eigenvalue weighted by atomic mass is 9.78. The largest absolute Gasteiger partial charge is 0.462 e. The van der Waals surface area contributed by atoms with Crippen molar-refractivity contribution in [3.63, 3.8) is 0 Å². The van der Waals surface area contributed by atoms with E-state index in [1.807, 2.05) is 49.4 Å². The smallest absolute Gasteiger partial charge is 0.416 e. The minimum absolute atomic E-state index is 0.0228. The van der Waals surface area contributed by atoms with Gasteiger partial charge in [0, 0.05) is 37.9 Å². The third kappa shape index (κ3) is 11.2. The van der Waals surface area contributed by atoms with Gasteiger partial charge in [0.2, 0.25) is 0 Å². The van der Waals surface area contributed by atoms with Gasteiger partial charge in [0.15, 0.2) is 0 Å². The molecule has 67 heavy (non-hydrogen) atoms. The van der Waals surface area contributed by atoms with Gasteiger partial charge in [-0.05, 0) is 171 Å². The topological polar surface area (TPSA) is 76.6 Å². The first-order chi connectivity index (χ1) is 32.2. The van der Waals surface area contributed by atoms with E-state index in [-0.39, 0.29) is 24.0 Å². The SMILES string of the molecule is CCN1CCCC(C(=O)Cc2ccc(CCC(=O)CCCCCOC(=O)c3ccc(-c4c5c(cc6cc(C)ccc46)CC(C)CC5)c(C)c3)cc2)c2nc(-c3cccc(C(F)(F)F)c3)ccc21. The second-order valence-corrected chi connectivity index (χ2v) is 18.9. The fourth-order valence-corrected chi connectivity index (χ4v) is 10.1. The number of esters is 1. The van der Waals surface area contributed by atoms with Crippen LogP contribution in [0.25, 0.3) is 33.2 Å². The lowest BCUT2D eigenvalue weighted by molar-refractivity contribution is -0.137. The minimum atomic E-state index is -4.47. The molecule has 0 saturated carbocycles. The number of nitrogens with zero attached hydrogens (tertiary/aromatic N) is 2. The molecule has 9 heteroatoms. The molecule has 0 radical (unpaired) electrons. The zero-order chi connectivity index (χ0) is 47.2. The average molecular weight is 907 g/mol. The molecule has 0 saturated heterocycles. The van der Waals surface area contributed by atoms with E-state index in [2.05, 4.69) is 56.0 Å². The van der Waals surface area contributed by atoms with Crippen molar-refractivity contribution >= 4 is 34.0 Å². The number of hydrogen-bond donors (Lipinski definition) is 0. The van der Waals surface area contributed by atoms with Gasteiger partial charge in [0.1, 0.15) is 11.6 Å². The number of halogens is 3. The molecular formula is C58H61F3N2O4. The van der Waals surface area contributed by atoms with Gasteiger partial charge >= 0.3 is 12.1 Å². The molecule has 2 atom stereocenters. The van der Waals surface area contributed by atoms with Crippen LogP contribution in [0.5, 0.6) is 0 Å². The number of carbonyl (C=O) groups excluding carboxylic acids is 3. The Labute approximate surface area is 393 Å². The van der Waals surface area contributed by atoms with Crippen LogP contribution in [0.3, 0.4) is 0 Å². The number of carbonyl (C=O) groups is 3. The first-order valence-electron chi connectivity index (χ1n) is 24.1. The predicted octanol–water partition coefficient (Wildman–Crippen LogP) is 13.8. The van der Waals surface area contributed by atoms with Crippen LogP contribution in [-0.4, -0.2) is 42.2 Å². The zero-order valence-electron chi connectivity index (χ0n) is 39.2. The molecule has 348 valence electrons. The van der Waals surface area contributed by atoms with Crippen LogP contribution < -0.4 is 4.90 Å². The number of aryl methyl sites for hydroxylation is 3. The molecular weight excluding hydrogens is 846 g/mol. The van der Waals surface area contributed by atoms with Gasteiger partial charge in [-0.25, -0.2) is 9.78 Å². The number of anilines is 1. The van der Waals surface area contributed by atoms with Gasteiger partial charge in [-0.15, -0.1) is 0 Å². The van der Waals surface area contributed by atoms with Crippen molar-refractivity contribution in [2.75, 3.05) is 24.6 Å². The van der Waals surface area contributed by atoms with Gasteiger partial charge < -0.3 is 9.64 Å². The predicted molar refractivity (Wildman–Crippen MR) is 262 cm³/mol. The van der Waals surface area contributed by atoms with Gasteiger partial charge in [0.25, 0.3) is 0 Å². The number of benzene rings is 5. The van der Waals surface area contributed by atoms with E-state index >= 15 is 0 Å². The van der Waals surface area contributed by atoms with E-state index in [0.717, 1.165) is 79.7 Å². The normalized spacial score (nSPS) is 16.0. The molecule has 1 aliphatic heterocycles. The number of ketones is 2. The molecule has 5 aromatic carbocycles. The maximum absolute atomic E-state index is 14.0. The van der Waals surface area contributed by atoms with E-state index in [4.69, 9.17) is 9.72 Å². The van der Waals surface area contributed by atoms with Crippen LogP contribution in [0, 0.1) is 19.8 Å². The quantitative estimate of drug-likeness (QED) is 0.0711. The van der Waals surface area contributed by atoms with E-state index in [0.29, 0.717) is 67.1 Å². The van der Waals surface area contributed by atoms with Crippen molar-refractivity contribution in [2.45, 2.75) is 117 Å². The summed E-state index contributed by atoms with van der Waals surface area (Å²) in [7, 11) is 0. The third-order valence-electron chi connectivity index (χ3n) is 13.9. The Morgan fingerprint density at radius 2 is 1.64 bits per heavy atom. The van der Waals surface area contributed by atoms with Crippen molar-refractivity contribution in [2.24, 2.45) is 5.92 Å². The van der Waals surface area contributed by atoms with E-state index in [9.17, 15) is 27.6 Å². The molecule has 0 fully saturated rings.